The monoisotopic (exact) mass is 316 g/mol. The molecule has 23 heavy (non-hydrogen) atoms. The summed E-state index contributed by atoms with van der Waals surface area (Å²) in [5.41, 5.74) is 1.18. The molecule has 2 aliphatic rings. The van der Waals surface area contributed by atoms with Crippen molar-refractivity contribution in [3.05, 3.63) is 29.8 Å². The zero-order chi connectivity index (χ0) is 16.4. The molecule has 1 aromatic carbocycles. The maximum atomic E-state index is 12.8. The first-order valence-corrected chi connectivity index (χ1v) is 8.86. The number of hydrogen-bond donors (Lipinski definition) is 2. The number of carbonyl (C=O) groups is 1. The van der Waals surface area contributed by atoms with E-state index in [1.807, 2.05) is 29.2 Å². The van der Waals surface area contributed by atoms with Gasteiger partial charge in [0.05, 0.1) is 5.60 Å². The Bertz CT molecular complexity index is 572. The lowest BCUT2D eigenvalue weighted by Gasteiger charge is -2.47. The van der Waals surface area contributed by atoms with Crippen LogP contribution in [0.15, 0.2) is 24.3 Å². The summed E-state index contributed by atoms with van der Waals surface area (Å²) in [7, 11) is 0. The fourth-order valence-electron chi connectivity index (χ4n) is 4.01. The van der Waals surface area contributed by atoms with Crippen molar-refractivity contribution in [2.24, 2.45) is 5.92 Å². The maximum absolute atomic E-state index is 12.8. The number of aliphatic hydroxyl groups is 1. The van der Waals surface area contributed by atoms with Gasteiger partial charge in [-0.15, -0.1) is 0 Å². The van der Waals surface area contributed by atoms with Crippen molar-refractivity contribution in [2.45, 2.75) is 57.6 Å². The Hall–Kier alpha value is -1.55. The number of anilines is 1. The molecule has 3 rings (SSSR count). The number of amides is 1. The second kappa shape index (κ2) is 6.52. The molecular weight excluding hydrogens is 288 g/mol. The van der Waals surface area contributed by atoms with Crippen molar-refractivity contribution in [3.63, 3.8) is 0 Å². The van der Waals surface area contributed by atoms with Gasteiger partial charge in [-0.2, -0.15) is 0 Å². The van der Waals surface area contributed by atoms with Gasteiger partial charge in [-0.3, -0.25) is 4.79 Å². The number of piperidine rings is 1. The van der Waals surface area contributed by atoms with Gasteiger partial charge < -0.3 is 15.3 Å². The Labute approximate surface area is 138 Å². The number of fused-ring (bicyclic) bond motifs is 1. The van der Waals surface area contributed by atoms with Crippen molar-refractivity contribution in [3.8, 4) is 0 Å². The van der Waals surface area contributed by atoms with Gasteiger partial charge in [0, 0.05) is 36.3 Å². The molecule has 0 radical (unpaired) electrons. The van der Waals surface area contributed by atoms with Crippen LogP contribution in [0, 0.1) is 5.92 Å². The summed E-state index contributed by atoms with van der Waals surface area (Å²) in [4.78, 5) is 14.8. The van der Waals surface area contributed by atoms with E-state index < -0.39 is 5.60 Å². The molecule has 1 amide bonds. The number of rotatable bonds is 3. The van der Waals surface area contributed by atoms with Crippen molar-refractivity contribution < 1.29 is 9.90 Å². The molecule has 126 valence electrons. The topological polar surface area (TPSA) is 52.6 Å². The molecule has 4 nitrogen and oxygen atoms in total. The first-order chi connectivity index (χ1) is 11.0. The van der Waals surface area contributed by atoms with Crippen molar-refractivity contribution in [1.29, 1.82) is 0 Å². The van der Waals surface area contributed by atoms with Crippen LogP contribution >= 0.6 is 0 Å². The van der Waals surface area contributed by atoms with Crippen LogP contribution in [0.1, 0.15) is 56.3 Å². The zero-order valence-electron chi connectivity index (χ0n) is 14.2. The molecule has 1 aliphatic carbocycles. The molecule has 1 aromatic rings. The van der Waals surface area contributed by atoms with E-state index in [2.05, 4.69) is 19.2 Å². The van der Waals surface area contributed by atoms with Crippen LogP contribution in [0.25, 0.3) is 0 Å². The predicted molar refractivity (Wildman–Crippen MR) is 92.6 cm³/mol. The quantitative estimate of drug-likeness (QED) is 0.900. The van der Waals surface area contributed by atoms with E-state index in [9.17, 15) is 9.90 Å². The van der Waals surface area contributed by atoms with Gasteiger partial charge in [0.2, 0.25) is 0 Å². The molecule has 0 aromatic heterocycles. The van der Waals surface area contributed by atoms with E-state index in [0.29, 0.717) is 25.6 Å². The van der Waals surface area contributed by atoms with Crippen LogP contribution in [-0.4, -0.2) is 40.6 Å². The van der Waals surface area contributed by atoms with Gasteiger partial charge >= 0.3 is 0 Å². The summed E-state index contributed by atoms with van der Waals surface area (Å²) in [5, 5.41) is 14.1. The second-order valence-electron chi connectivity index (χ2n) is 7.43. The van der Waals surface area contributed by atoms with E-state index in [0.717, 1.165) is 30.5 Å². The third-order valence-corrected chi connectivity index (χ3v) is 5.28. The number of likely N-dealkylation sites (tertiary alicyclic amines) is 1. The summed E-state index contributed by atoms with van der Waals surface area (Å²) in [6.07, 6.45) is 4.93. The highest BCUT2D eigenvalue weighted by molar-refractivity contribution is 5.95. The van der Waals surface area contributed by atoms with Gasteiger partial charge in [-0.05, 0) is 51.3 Å². The lowest BCUT2D eigenvalue weighted by Crippen LogP contribution is -2.54. The molecule has 2 atom stereocenters. The molecule has 2 N–H and O–H groups in total. The number of hydrogen-bond acceptors (Lipinski definition) is 3. The molecule has 2 fully saturated rings. The Kier molecular flexibility index (Phi) is 4.62. The van der Waals surface area contributed by atoms with Crippen LogP contribution < -0.4 is 5.32 Å². The van der Waals surface area contributed by atoms with Crippen LogP contribution in [0.2, 0.25) is 0 Å². The summed E-state index contributed by atoms with van der Waals surface area (Å²) in [6.45, 7) is 5.52. The van der Waals surface area contributed by atoms with E-state index >= 15 is 0 Å². The minimum Gasteiger partial charge on any atom is -0.389 e. The third-order valence-electron chi connectivity index (χ3n) is 5.28. The normalized spacial score (nSPS) is 27.7. The lowest BCUT2D eigenvalue weighted by atomic mass is 9.71. The van der Waals surface area contributed by atoms with Crippen LogP contribution in [0.4, 0.5) is 5.69 Å². The van der Waals surface area contributed by atoms with E-state index in [4.69, 9.17) is 0 Å². The summed E-state index contributed by atoms with van der Waals surface area (Å²) in [6, 6.07) is 8.08. The highest BCUT2D eigenvalue weighted by Crippen LogP contribution is 2.40. The Morgan fingerprint density at radius 3 is 2.96 bits per heavy atom. The number of carbonyl (C=O) groups excluding carboxylic acids is 1. The molecule has 4 heteroatoms. The Morgan fingerprint density at radius 1 is 1.35 bits per heavy atom. The molecule has 1 saturated heterocycles. The smallest absolute Gasteiger partial charge is 0.253 e. The first kappa shape index (κ1) is 16.3. The summed E-state index contributed by atoms with van der Waals surface area (Å²) < 4.78 is 0. The Morgan fingerprint density at radius 2 is 2.17 bits per heavy atom. The first-order valence-electron chi connectivity index (χ1n) is 8.86. The molecule has 0 unspecified atom stereocenters. The van der Waals surface area contributed by atoms with E-state index in [-0.39, 0.29) is 11.8 Å². The molecule has 1 heterocycles. The summed E-state index contributed by atoms with van der Waals surface area (Å²) in [5.74, 6) is 0.330. The largest absolute Gasteiger partial charge is 0.389 e. The fourth-order valence-corrected chi connectivity index (χ4v) is 4.01. The lowest BCUT2D eigenvalue weighted by molar-refractivity contribution is -0.0886. The van der Waals surface area contributed by atoms with Gasteiger partial charge in [0.15, 0.2) is 0 Å². The van der Waals surface area contributed by atoms with Gasteiger partial charge in [0.1, 0.15) is 0 Å². The summed E-state index contributed by atoms with van der Waals surface area (Å²) >= 11 is 0. The number of benzene rings is 1. The maximum Gasteiger partial charge on any atom is 0.253 e. The molecule has 0 spiro atoms. The predicted octanol–water partition coefficient (Wildman–Crippen LogP) is 3.27. The average Bonchev–Trinajstić information content (AvgIpc) is 2.53. The van der Waals surface area contributed by atoms with Crippen molar-refractivity contribution in [1.82, 2.24) is 4.90 Å². The van der Waals surface area contributed by atoms with Crippen molar-refractivity contribution in [2.75, 3.05) is 18.4 Å². The average molecular weight is 316 g/mol. The van der Waals surface area contributed by atoms with Crippen LogP contribution in [-0.2, 0) is 0 Å². The van der Waals surface area contributed by atoms with Crippen molar-refractivity contribution >= 4 is 11.6 Å². The SMILES string of the molecule is CC(C)Nc1cccc(C(=O)N2CC[C@]3(O)CCCC[C@H]3C2)c1. The highest BCUT2D eigenvalue weighted by atomic mass is 16.3. The van der Waals surface area contributed by atoms with Gasteiger partial charge in [-0.1, -0.05) is 18.9 Å². The molecule has 0 bridgehead atoms. The van der Waals surface area contributed by atoms with Gasteiger partial charge in [-0.25, -0.2) is 0 Å². The molecule has 1 saturated carbocycles. The molecular formula is C19H28N2O2. The zero-order valence-corrected chi connectivity index (χ0v) is 14.2. The van der Waals surface area contributed by atoms with E-state index in [1.165, 1.54) is 6.42 Å². The third kappa shape index (κ3) is 3.52. The second-order valence-corrected chi connectivity index (χ2v) is 7.43. The molecule has 1 aliphatic heterocycles. The van der Waals surface area contributed by atoms with Crippen LogP contribution in [0.5, 0.6) is 0 Å². The fraction of sp³-hybridized carbons (Fsp3) is 0.632. The van der Waals surface area contributed by atoms with Crippen LogP contribution in [0.3, 0.4) is 0 Å². The minimum atomic E-state index is -0.532. The Balaban J connectivity index is 1.71. The van der Waals surface area contributed by atoms with Gasteiger partial charge in [0.25, 0.3) is 5.91 Å². The standard InChI is InChI=1S/C19H28N2O2/c1-14(2)20-17-8-5-6-15(12-17)18(22)21-11-10-19(23)9-4-3-7-16(19)13-21/h5-6,8,12,14,16,20,23H,3-4,7,9-11,13H2,1-2H3/t16-,19+/m0/s1. The number of nitrogens with one attached hydrogen (secondary N) is 1. The van der Waals surface area contributed by atoms with E-state index in [1.54, 1.807) is 0 Å². The number of nitrogens with zero attached hydrogens (tertiary/aromatic N) is 1. The highest BCUT2D eigenvalue weighted by Gasteiger charge is 2.43. The minimum absolute atomic E-state index is 0.0880.